The van der Waals surface area contributed by atoms with E-state index in [0.717, 1.165) is 18.6 Å². The van der Waals surface area contributed by atoms with Gasteiger partial charge in [0.25, 0.3) is 0 Å². The van der Waals surface area contributed by atoms with E-state index in [1.54, 1.807) is 12.3 Å². The average Bonchev–Trinajstić information content (AvgIpc) is 2.78. The van der Waals surface area contributed by atoms with Crippen molar-refractivity contribution in [2.24, 2.45) is 0 Å². The molecule has 0 saturated heterocycles. The Hall–Kier alpha value is -1.25. The molecule has 0 unspecified atom stereocenters. The third-order valence-electron chi connectivity index (χ3n) is 3.08. The van der Waals surface area contributed by atoms with E-state index in [4.69, 9.17) is 9.15 Å². The molecule has 2 rings (SSSR count). The Kier molecular flexibility index (Phi) is 3.09. The fraction of sp³-hybridized carbons (Fsp3) is 0.583. The van der Waals surface area contributed by atoms with Crippen molar-refractivity contribution in [3.05, 3.63) is 23.7 Å². The lowest BCUT2D eigenvalue weighted by Crippen LogP contribution is -2.09. The number of hydrogen-bond donors (Lipinski definition) is 0. The van der Waals surface area contributed by atoms with E-state index in [1.165, 1.54) is 26.4 Å². The molecule has 1 aromatic heterocycles. The lowest BCUT2D eigenvalue weighted by Gasteiger charge is -2.20. The third kappa shape index (κ3) is 2.06. The van der Waals surface area contributed by atoms with Gasteiger partial charge < -0.3 is 9.15 Å². The van der Waals surface area contributed by atoms with Gasteiger partial charge in [-0.1, -0.05) is 19.3 Å². The normalized spacial score (nSPS) is 17.7. The van der Waals surface area contributed by atoms with Crippen LogP contribution in [0.3, 0.4) is 0 Å². The van der Waals surface area contributed by atoms with Crippen molar-refractivity contribution in [1.82, 2.24) is 0 Å². The van der Waals surface area contributed by atoms with E-state index in [0.29, 0.717) is 11.5 Å². The van der Waals surface area contributed by atoms with Crippen LogP contribution in [0.4, 0.5) is 0 Å². The maximum absolute atomic E-state index is 11.5. The number of carbonyl (C=O) groups excluding carboxylic acids is 1. The number of esters is 1. The lowest BCUT2D eigenvalue weighted by molar-refractivity contribution is 0.0597. The summed E-state index contributed by atoms with van der Waals surface area (Å²) in [5.74, 6) is 0.939. The van der Waals surface area contributed by atoms with Crippen LogP contribution in [0.15, 0.2) is 16.7 Å². The first kappa shape index (κ1) is 10.3. The van der Waals surface area contributed by atoms with E-state index >= 15 is 0 Å². The Morgan fingerprint density at radius 2 is 2.13 bits per heavy atom. The molecular formula is C12H16O3. The quantitative estimate of drug-likeness (QED) is 0.701. The summed E-state index contributed by atoms with van der Waals surface area (Å²) in [6.07, 6.45) is 7.58. The van der Waals surface area contributed by atoms with Crippen LogP contribution in [-0.4, -0.2) is 13.1 Å². The van der Waals surface area contributed by atoms with Crippen molar-refractivity contribution in [2.75, 3.05) is 7.11 Å². The van der Waals surface area contributed by atoms with Crippen molar-refractivity contribution < 1.29 is 13.9 Å². The fourth-order valence-corrected chi connectivity index (χ4v) is 2.28. The maximum atomic E-state index is 11.5. The minimum atomic E-state index is -0.288. The summed E-state index contributed by atoms with van der Waals surface area (Å²) >= 11 is 0. The van der Waals surface area contributed by atoms with Crippen LogP contribution in [0.2, 0.25) is 0 Å². The molecule has 1 aromatic rings. The van der Waals surface area contributed by atoms with Crippen molar-refractivity contribution in [2.45, 2.75) is 38.0 Å². The number of carbonyl (C=O) groups is 1. The molecule has 0 radical (unpaired) electrons. The van der Waals surface area contributed by atoms with Crippen LogP contribution in [0.5, 0.6) is 0 Å². The molecule has 0 aromatic carbocycles. The van der Waals surface area contributed by atoms with E-state index in [2.05, 4.69) is 0 Å². The first-order valence-corrected chi connectivity index (χ1v) is 5.48. The highest BCUT2D eigenvalue weighted by Gasteiger charge is 2.24. The molecule has 0 spiro atoms. The van der Waals surface area contributed by atoms with E-state index in [1.807, 2.05) is 0 Å². The van der Waals surface area contributed by atoms with Crippen LogP contribution in [0.1, 0.15) is 54.1 Å². The van der Waals surface area contributed by atoms with Gasteiger partial charge >= 0.3 is 5.97 Å². The van der Waals surface area contributed by atoms with Crippen molar-refractivity contribution in [3.63, 3.8) is 0 Å². The number of methoxy groups -OCH3 is 1. The molecule has 0 aliphatic heterocycles. The molecule has 3 nitrogen and oxygen atoms in total. The van der Waals surface area contributed by atoms with Crippen LogP contribution in [0, 0.1) is 0 Å². The summed E-state index contributed by atoms with van der Waals surface area (Å²) in [5, 5.41) is 0. The van der Waals surface area contributed by atoms with Gasteiger partial charge in [0, 0.05) is 5.92 Å². The Morgan fingerprint density at radius 1 is 1.40 bits per heavy atom. The largest absolute Gasteiger partial charge is 0.468 e. The van der Waals surface area contributed by atoms with E-state index < -0.39 is 0 Å². The van der Waals surface area contributed by atoms with Crippen molar-refractivity contribution in [3.8, 4) is 0 Å². The molecule has 3 heteroatoms. The number of furan rings is 1. The molecule has 0 amide bonds. The fourth-order valence-electron chi connectivity index (χ4n) is 2.28. The second-order valence-electron chi connectivity index (χ2n) is 4.03. The molecule has 82 valence electrons. The topological polar surface area (TPSA) is 39.4 Å². The second kappa shape index (κ2) is 4.51. The standard InChI is InChI=1S/C12H16O3/c1-14-12(13)10-7-8-15-11(10)9-5-3-2-4-6-9/h7-9H,2-6H2,1H3. The van der Waals surface area contributed by atoms with Gasteiger partial charge in [-0.15, -0.1) is 0 Å². The molecule has 1 heterocycles. The van der Waals surface area contributed by atoms with Crippen molar-refractivity contribution in [1.29, 1.82) is 0 Å². The Bertz CT molecular complexity index is 334. The zero-order valence-electron chi connectivity index (χ0n) is 8.99. The lowest BCUT2D eigenvalue weighted by atomic mass is 9.86. The molecule has 15 heavy (non-hydrogen) atoms. The van der Waals surface area contributed by atoms with Gasteiger partial charge in [0.1, 0.15) is 11.3 Å². The van der Waals surface area contributed by atoms with Crippen LogP contribution < -0.4 is 0 Å². The molecule has 1 aliphatic rings. The van der Waals surface area contributed by atoms with Gasteiger partial charge in [-0.25, -0.2) is 4.79 Å². The molecule has 0 bridgehead atoms. The van der Waals surface area contributed by atoms with Crippen molar-refractivity contribution >= 4 is 5.97 Å². The smallest absolute Gasteiger partial charge is 0.341 e. The summed E-state index contributed by atoms with van der Waals surface area (Å²) in [4.78, 5) is 11.5. The van der Waals surface area contributed by atoms with Crippen LogP contribution >= 0.6 is 0 Å². The first-order chi connectivity index (χ1) is 7.33. The second-order valence-corrected chi connectivity index (χ2v) is 4.03. The molecule has 0 atom stereocenters. The Labute approximate surface area is 89.4 Å². The summed E-state index contributed by atoms with van der Waals surface area (Å²) < 4.78 is 10.2. The first-order valence-electron chi connectivity index (χ1n) is 5.48. The van der Waals surface area contributed by atoms with Gasteiger partial charge in [-0.3, -0.25) is 0 Å². The van der Waals surface area contributed by atoms with E-state index in [9.17, 15) is 4.79 Å². The molecule has 1 aliphatic carbocycles. The van der Waals surface area contributed by atoms with E-state index in [-0.39, 0.29) is 5.97 Å². The minimum absolute atomic E-state index is 0.288. The van der Waals surface area contributed by atoms with Crippen LogP contribution in [0.25, 0.3) is 0 Å². The zero-order chi connectivity index (χ0) is 10.7. The van der Waals surface area contributed by atoms with Gasteiger partial charge in [-0.05, 0) is 18.9 Å². The Balaban J connectivity index is 2.19. The molecule has 1 fully saturated rings. The summed E-state index contributed by atoms with van der Waals surface area (Å²) in [5.41, 5.74) is 0.601. The van der Waals surface area contributed by atoms with Gasteiger partial charge in [0.2, 0.25) is 0 Å². The summed E-state index contributed by atoms with van der Waals surface area (Å²) in [6, 6.07) is 1.70. The van der Waals surface area contributed by atoms with Gasteiger partial charge in [0.05, 0.1) is 13.4 Å². The minimum Gasteiger partial charge on any atom is -0.468 e. The highest BCUT2D eigenvalue weighted by molar-refractivity contribution is 5.90. The molecule has 1 saturated carbocycles. The number of rotatable bonds is 2. The predicted octanol–water partition coefficient (Wildman–Crippen LogP) is 3.11. The monoisotopic (exact) mass is 208 g/mol. The third-order valence-corrected chi connectivity index (χ3v) is 3.08. The Morgan fingerprint density at radius 3 is 2.80 bits per heavy atom. The number of hydrogen-bond acceptors (Lipinski definition) is 3. The number of ether oxygens (including phenoxy) is 1. The van der Waals surface area contributed by atoms with Gasteiger partial charge in [0.15, 0.2) is 0 Å². The summed E-state index contributed by atoms with van der Waals surface area (Å²) in [6.45, 7) is 0. The highest BCUT2D eigenvalue weighted by Crippen LogP contribution is 2.34. The maximum Gasteiger partial charge on any atom is 0.341 e. The van der Waals surface area contributed by atoms with Crippen LogP contribution in [-0.2, 0) is 4.74 Å². The SMILES string of the molecule is COC(=O)c1ccoc1C1CCCCC1. The average molecular weight is 208 g/mol. The highest BCUT2D eigenvalue weighted by atomic mass is 16.5. The van der Waals surface area contributed by atoms with Gasteiger partial charge in [-0.2, -0.15) is 0 Å². The molecular weight excluding hydrogens is 192 g/mol. The predicted molar refractivity (Wildman–Crippen MR) is 55.9 cm³/mol. The zero-order valence-corrected chi connectivity index (χ0v) is 8.99. The summed E-state index contributed by atoms with van der Waals surface area (Å²) in [7, 11) is 1.40. The molecule has 0 N–H and O–H groups in total.